The van der Waals surface area contributed by atoms with Gasteiger partial charge in [-0.1, -0.05) is 53.5 Å². The van der Waals surface area contributed by atoms with Gasteiger partial charge in [0.25, 0.3) is 0 Å². The van der Waals surface area contributed by atoms with Gasteiger partial charge < -0.3 is 4.90 Å². The van der Waals surface area contributed by atoms with Gasteiger partial charge in [-0.15, -0.1) is 6.58 Å². The number of amides is 1. The van der Waals surface area contributed by atoms with E-state index in [9.17, 15) is 4.79 Å². The molecule has 1 heterocycles. The van der Waals surface area contributed by atoms with Crippen molar-refractivity contribution in [2.75, 3.05) is 6.54 Å². The summed E-state index contributed by atoms with van der Waals surface area (Å²) in [5.74, 6) is 1.05. The maximum Gasteiger partial charge on any atom is 0.226 e. The zero-order valence-corrected chi connectivity index (χ0v) is 17.4. The van der Waals surface area contributed by atoms with Gasteiger partial charge in [0.05, 0.1) is 6.04 Å². The molecule has 0 spiro atoms. The highest BCUT2D eigenvalue weighted by Crippen LogP contribution is 2.48. The maximum atomic E-state index is 13.4. The summed E-state index contributed by atoms with van der Waals surface area (Å²) in [6, 6.07) is 16.0. The number of benzene rings is 2. The minimum atomic E-state index is -0.0243. The Morgan fingerprint density at radius 2 is 1.79 bits per heavy atom. The molecule has 2 nitrogen and oxygen atoms in total. The van der Waals surface area contributed by atoms with E-state index in [4.69, 9.17) is 23.2 Å². The molecule has 2 aromatic rings. The van der Waals surface area contributed by atoms with Crippen molar-refractivity contribution in [3.8, 4) is 0 Å². The predicted octanol–water partition coefficient (Wildman–Crippen LogP) is 6.65. The van der Waals surface area contributed by atoms with Crippen molar-refractivity contribution in [2.24, 2.45) is 11.8 Å². The van der Waals surface area contributed by atoms with Crippen molar-refractivity contribution < 1.29 is 4.79 Å². The second kappa shape index (κ2) is 8.31. The van der Waals surface area contributed by atoms with Gasteiger partial charge in [0.2, 0.25) is 5.91 Å². The second-order valence-corrected chi connectivity index (χ2v) is 8.92. The lowest BCUT2D eigenvalue weighted by atomic mass is 9.75. The van der Waals surface area contributed by atoms with Crippen molar-refractivity contribution in [1.82, 2.24) is 4.90 Å². The number of hydrogen-bond donors (Lipinski definition) is 0. The molecule has 1 saturated carbocycles. The van der Waals surface area contributed by atoms with E-state index in [0.29, 0.717) is 17.4 Å². The van der Waals surface area contributed by atoms with Crippen LogP contribution in [-0.2, 0) is 4.79 Å². The lowest BCUT2D eigenvalue weighted by molar-refractivity contribution is -0.143. The highest BCUT2D eigenvalue weighted by molar-refractivity contribution is 6.30. The Bertz CT molecular complexity index is 859. The van der Waals surface area contributed by atoms with Crippen molar-refractivity contribution in [3.63, 3.8) is 0 Å². The van der Waals surface area contributed by atoms with Gasteiger partial charge in [-0.3, -0.25) is 4.79 Å². The molecule has 0 N–H and O–H groups in total. The summed E-state index contributed by atoms with van der Waals surface area (Å²) in [6.07, 6.45) is 5.82. The fourth-order valence-electron chi connectivity index (χ4n) is 4.43. The molecule has 2 aliphatic rings. The topological polar surface area (TPSA) is 20.3 Å². The number of halogens is 2. The Morgan fingerprint density at radius 3 is 2.43 bits per heavy atom. The molecule has 0 radical (unpaired) electrons. The molecule has 0 bridgehead atoms. The van der Waals surface area contributed by atoms with E-state index in [1.165, 1.54) is 18.4 Å². The Hall–Kier alpha value is -1.77. The number of allylic oxidation sites excluding steroid dienone is 1. The number of rotatable bonds is 6. The largest absolute Gasteiger partial charge is 0.335 e. The molecule has 4 rings (SSSR count). The number of hydrogen-bond acceptors (Lipinski definition) is 1. The summed E-state index contributed by atoms with van der Waals surface area (Å²) in [6.45, 7) is 4.71. The van der Waals surface area contributed by atoms with Crippen LogP contribution < -0.4 is 0 Å². The molecular formula is C24H25Cl2NO. The second-order valence-electron chi connectivity index (χ2n) is 8.05. The van der Waals surface area contributed by atoms with Crippen molar-refractivity contribution in [3.05, 3.63) is 82.4 Å². The minimum Gasteiger partial charge on any atom is -0.335 e. The van der Waals surface area contributed by atoms with E-state index in [-0.39, 0.29) is 23.8 Å². The number of carbonyl (C=O) groups is 1. The Morgan fingerprint density at radius 1 is 1.04 bits per heavy atom. The third kappa shape index (κ3) is 4.14. The van der Waals surface area contributed by atoms with Gasteiger partial charge in [0.15, 0.2) is 0 Å². The van der Waals surface area contributed by atoms with Crippen molar-refractivity contribution in [2.45, 2.75) is 37.6 Å². The first-order chi connectivity index (χ1) is 13.6. The van der Waals surface area contributed by atoms with Crippen LogP contribution in [0, 0.1) is 11.8 Å². The Balaban J connectivity index is 1.79. The SMILES string of the molecule is C=CC[C@@H]1C[C@H](c2cccc(Cl)c2)C(c2ccc(Cl)cc2)N(CC2CC2)C1=O. The molecule has 28 heavy (non-hydrogen) atoms. The quantitative estimate of drug-likeness (QED) is 0.485. The number of piperidine rings is 1. The van der Waals surface area contributed by atoms with Crippen LogP contribution in [0.1, 0.15) is 48.8 Å². The fraction of sp³-hybridized carbons (Fsp3) is 0.375. The highest BCUT2D eigenvalue weighted by atomic mass is 35.5. The van der Waals surface area contributed by atoms with Gasteiger partial charge in [-0.2, -0.15) is 0 Å². The molecule has 2 fully saturated rings. The van der Waals surface area contributed by atoms with Gasteiger partial charge in [0.1, 0.15) is 0 Å². The lowest BCUT2D eigenvalue weighted by Crippen LogP contribution is -2.47. The monoisotopic (exact) mass is 413 g/mol. The minimum absolute atomic E-state index is 0.00454. The summed E-state index contributed by atoms with van der Waals surface area (Å²) in [7, 11) is 0. The van der Waals surface area contributed by atoms with Crippen molar-refractivity contribution in [1.29, 1.82) is 0 Å². The molecule has 1 unspecified atom stereocenters. The Kier molecular flexibility index (Phi) is 5.80. The zero-order valence-electron chi connectivity index (χ0n) is 15.9. The van der Waals surface area contributed by atoms with Crippen LogP contribution in [0.15, 0.2) is 61.2 Å². The predicted molar refractivity (Wildman–Crippen MR) is 116 cm³/mol. The van der Waals surface area contributed by atoms with Gasteiger partial charge in [-0.25, -0.2) is 0 Å². The zero-order chi connectivity index (χ0) is 19.7. The molecule has 1 aliphatic carbocycles. The van der Waals surface area contributed by atoms with Crippen LogP contribution in [0.2, 0.25) is 10.0 Å². The van der Waals surface area contributed by atoms with Crippen molar-refractivity contribution >= 4 is 29.1 Å². The summed E-state index contributed by atoms with van der Waals surface area (Å²) in [4.78, 5) is 15.5. The van der Waals surface area contributed by atoms with Crippen LogP contribution in [0.5, 0.6) is 0 Å². The average molecular weight is 414 g/mol. The fourth-order valence-corrected chi connectivity index (χ4v) is 4.76. The standard InChI is InChI=1S/C24H25Cl2NO/c1-2-4-19-14-22(18-5-3-6-21(26)13-18)23(17-9-11-20(25)12-10-17)27(24(19)28)15-16-7-8-16/h2-3,5-6,9-13,16,19,22-23H,1,4,7-8,14-15H2/t19-,22-,23?/m1/s1. The number of nitrogens with zero attached hydrogens (tertiary/aromatic N) is 1. The molecule has 1 aliphatic heterocycles. The number of likely N-dealkylation sites (tertiary alicyclic amines) is 1. The van der Waals surface area contributed by atoms with E-state index < -0.39 is 0 Å². The normalized spacial score (nSPS) is 25.0. The first-order valence-corrected chi connectivity index (χ1v) is 10.7. The van der Waals surface area contributed by atoms with Gasteiger partial charge in [-0.05, 0) is 67.0 Å². The third-order valence-corrected chi connectivity index (χ3v) is 6.47. The van der Waals surface area contributed by atoms with Gasteiger partial charge >= 0.3 is 0 Å². The van der Waals surface area contributed by atoms with Crippen LogP contribution in [0.4, 0.5) is 0 Å². The first kappa shape index (κ1) is 19.5. The van der Waals surface area contributed by atoms with E-state index in [0.717, 1.165) is 23.6 Å². The highest BCUT2D eigenvalue weighted by Gasteiger charge is 2.44. The third-order valence-electron chi connectivity index (χ3n) is 5.98. The van der Waals surface area contributed by atoms with E-state index >= 15 is 0 Å². The average Bonchev–Trinajstić information content (AvgIpc) is 3.50. The van der Waals surface area contributed by atoms with Crippen LogP contribution in [-0.4, -0.2) is 17.4 Å². The van der Waals surface area contributed by atoms with Gasteiger partial charge in [0, 0.05) is 28.4 Å². The molecule has 0 aromatic heterocycles. The maximum absolute atomic E-state index is 13.4. The van der Waals surface area contributed by atoms with Crippen LogP contribution in [0.25, 0.3) is 0 Å². The first-order valence-electron chi connectivity index (χ1n) is 9.99. The van der Waals surface area contributed by atoms with E-state index in [2.05, 4.69) is 29.7 Å². The molecule has 1 saturated heterocycles. The van der Waals surface area contributed by atoms with Crippen LogP contribution >= 0.6 is 23.2 Å². The van der Waals surface area contributed by atoms with Crippen LogP contribution in [0.3, 0.4) is 0 Å². The lowest BCUT2D eigenvalue weighted by Gasteiger charge is -2.45. The molecule has 1 amide bonds. The number of carbonyl (C=O) groups excluding carboxylic acids is 1. The molecule has 146 valence electrons. The summed E-state index contributed by atoms with van der Waals surface area (Å²) in [5.41, 5.74) is 2.33. The summed E-state index contributed by atoms with van der Waals surface area (Å²) >= 11 is 12.5. The molecule has 3 atom stereocenters. The van der Waals surface area contributed by atoms with E-state index in [1.807, 2.05) is 36.4 Å². The molecule has 2 aromatic carbocycles. The van der Waals surface area contributed by atoms with E-state index in [1.54, 1.807) is 0 Å². The summed E-state index contributed by atoms with van der Waals surface area (Å²) < 4.78 is 0. The molecular weight excluding hydrogens is 389 g/mol. The molecule has 4 heteroatoms. The smallest absolute Gasteiger partial charge is 0.226 e. The summed E-state index contributed by atoms with van der Waals surface area (Å²) in [5, 5.41) is 1.45. The Labute approximate surface area is 177 Å².